The predicted octanol–water partition coefficient (Wildman–Crippen LogP) is 8.52. The highest BCUT2D eigenvalue weighted by atomic mass is 14.7. The highest BCUT2D eigenvalue weighted by molar-refractivity contribution is 6.11. The van der Waals surface area contributed by atoms with E-state index in [2.05, 4.69) is 108 Å². The number of fused-ring (bicyclic) bond motifs is 5. The van der Waals surface area contributed by atoms with Gasteiger partial charge in [0.2, 0.25) is 0 Å². The summed E-state index contributed by atoms with van der Waals surface area (Å²) in [5, 5.41) is 2.50. The van der Waals surface area contributed by atoms with Crippen molar-refractivity contribution in [2.24, 2.45) is 0 Å². The standard InChI is InChI=1S/C32H31N/c1-19(2)20-14-15-22-21(18-20)16-17-33-30(22)25-12-9-11-24-27(25)32(5,6)28-23-10-7-8-13-26(23)31(3,4)29(24)28/h7-19H,1-6H3. The number of benzene rings is 3. The molecule has 0 N–H and O–H groups in total. The van der Waals surface area contributed by atoms with Crippen LogP contribution in [-0.4, -0.2) is 4.98 Å². The lowest BCUT2D eigenvalue weighted by atomic mass is 9.74. The van der Waals surface area contributed by atoms with Crippen molar-refractivity contribution in [1.29, 1.82) is 0 Å². The number of pyridine rings is 1. The van der Waals surface area contributed by atoms with Crippen LogP contribution in [0.4, 0.5) is 0 Å². The van der Waals surface area contributed by atoms with Gasteiger partial charge in [-0.25, -0.2) is 0 Å². The van der Waals surface area contributed by atoms with Gasteiger partial charge in [0.05, 0.1) is 5.69 Å². The Morgan fingerprint density at radius 1 is 0.697 bits per heavy atom. The average molecular weight is 430 g/mol. The third-order valence-electron chi connectivity index (χ3n) is 8.04. The molecule has 0 atom stereocenters. The molecule has 2 aliphatic carbocycles. The number of hydrogen-bond donors (Lipinski definition) is 0. The van der Waals surface area contributed by atoms with Gasteiger partial charge in [-0.1, -0.05) is 102 Å². The van der Waals surface area contributed by atoms with Gasteiger partial charge >= 0.3 is 0 Å². The van der Waals surface area contributed by atoms with Crippen molar-refractivity contribution in [2.75, 3.05) is 0 Å². The summed E-state index contributed by atoms with van der Waals surface area (Å²) in [6.07, 6.45) is 1.98. The van der Waals surface area contributed by atoms with Crippen molar-refractivity contribution in [2.45, 2.75) is 58.3 Å². The first-order valence-electron chi connectivity index (χ1n) is 12.1. The maximum Gasteiger partial charge on any atom is 0.0783 e. The average Bonchev–Trinajstić information content (AvgIpc) is 3.20. The van der Waals surface area contributed by atoms with Gasteiger partial charge in [0.25, 0.3) is 0 Å². The van der Waals surface area contributed by atoms with Gasteiger partial charge in [-0.2, -0.15) is 0 Å². The molecule has 0 fully saturated rings. The summed E-state index contributed by atoms with van der Waals surface area (Å²) in [6.45, 7) is 14.1. The van der Waals surface area contributed by atoms with Crippen LogP contribution in [0, 0.1) is 0 Å². The van der Waals surface area contributed by atoms with Crippen LogP contribution in [0.2, 0.25) is 0 Å². The quantitative estimate of drug-likeness (QED) is 0.311. The fourth-order valence-corrected chi connectivity index (χ4v) is 6.47. The molecule has 1 nitrogen and oxygen atoms in total. The highest BCUT2D eigenvalue weighted by Crippen LogP contribution is 2.63. The minimum absolute atomic E-state index is 0.00851. The number of nitrogens with zero attached hydrogens (tertiary/aromatic N) is 1. The van der Waals surface area contributed by atoms with Gasteiger partial charge in [0.1, 0.15) is 0 Å². The Balaban J connectivity index is 1.62. The Bertz CT molecular complexity index is 1480. The minimum Gasteiger partial charge on any atom is -0.256 e. The Morgan fingerprint density at radius 3 is 2.18 bits per heavy atom. The molecular weight excluding hydrogens is 398 g/mol. The molecule has 0 amide bonds. The number of rotatable bonds is 2. The fraction of sp³-hybridized carbons (Fsp3) is 0.281. The molecule has 0 bridgehead atoms. The van der Waals surface area contributed by atoms with Crippen molar-refractivity contribution in [3.8, 4) is 11.3 Å². The Morgan fingerprint density at radius 2 is 1.39 bits per heavy atom. The van der Waals surface area contributed by atoms with Gasteiger partial charge in [0, 0.05) is 28.0 Å². The molecule has 3 aromatic carbocycles. The molecule has 0 spiro atoms. The monoisotopic (exact) mass is 429 g/mol. The van der Waals surface area contributed by atoms with Crippen LogP contribution < -0.4 is 0 Å². The summed E-state index contributed by atoms with van der Waals surface area (Å²) in [5.74, 6) is 0.514. The van der Waals surface area contributed by atoms with E-state index in [9.17, 15) is 0 Å². The van der Waals surface area contributed by atoms with Crippen molar-refractivity contribution >= 4 is 21.9 Å². The molecule has 2 aliphatic rings. The van der Waals surface area contributed by atoms with E-state index >= 15 is 0 Å². The summed E-state index contributed by atoms with van der Waals surface area (Å²) < 4.78 is 0. The number of hydrogen-bond acceptors (Lipinski definition) is 1. The summed E-state index contributed by atoms with van der Waals surface area (Å²) in [7, 11) is 0. The molecule has 4 aromatic rings. The molecule has 1 aromatic heterocycles. The second kappa shape index (κ2) is 6.67. The zero-order valence-corrected chi connectivity index (χ0v) is 20.5. The lowest BCUT2D eigenvalue weighted by molar-refractivity contribution is 0.695. The van der Waals surface area contributed by atoms with Gasteiger partial charge in [-0.3, -0.25) is 4.98 Å². The van der Waals surface area contributed by atoms with Crippen molar-refractivity contribution in [1.82, 2.24) is 4.98 Å². The highest BCUT2D eigenvalue weighted by Gasteiger charge is 2.50. The van der Waals surface area contributed by atoms with Crippen LogP contribution in [0.15, 0.2) is 72.9 Å². The summed E-state index contributed by atoms with van der Waals surface area (Å²) >= 11 is 0. The van der Waals surface area contributed by atoms with E-state index < -0.39 is 0 Å². The van der Waals surface area contributed by atoms with Crippen LogP contribution in [-0.2, 0) is 10.8 Å². The minimum atomic E-state index is -0.0904. The molecule has 0 radical (unpaired) electrons. The van der Waals surface area contributed by atoms with E-state index in [0.29, 0.717) is 5.92 Å². The van der Waals surface area contributed by atoms with Crippen LogP contribution in [0.25, 0.3) is 33.2 Å². The molecule has 0 aliphatic heterocycles. The maximum atomic E-state index is 4.95. The fourth-order valence-electron chi connectivity index (χ4n) is 6.47. The van der Waals surface area contributed by atoms with Gasteiger partial charge in [-0.15, -0.1) is 0 Å². The molecule has 164 valence electrons. The lowest BCUT2D eigenvalue weighted by Crippen LogP contribution is -2.20. The SMILES string of the molecule is CC(C)c1ccc2c(-c3cccc4c3C(C)(C)C3=C4C(C)(C)c4ccccc43)nccc2c1. The second-order valence-corrected chi connectivity index (χ2v) is 11.1. The van der Waals surface area contributed by atoms with Crippen molar-refractivity contribution in [3.63, 3.8) is 0 Å². The predicted molar refractivity (Wildman–Crippen MR) is 141 cm³/mol. The molecule has 6 rings (SSSR count). The first-order chi connectivity index (χ1) is 15.7. The van der Waals surface area contributed by atoms with Crippen LogP contribution in [0.5, 0.6) is 0 Å². The molecule has 0 unspecified atom stereocenters. The third-order valence-corrected chi connectivity index (χ3v) is 8.04. The van der Waals surface area contributed by atoms with Crippen LogP contribution in [0.3, 0.4) is 0 Å². The third kappa shape index (κ3) is 2.63. The first kappa shape index (κ1) is 20.4. The second-order valence-electron chi connectivity index (χ2n) is 11.1. The summed E-state index contributed by atoms with van der Waals surface area (Å²) in [4.78, 5) is 4.95. The van der Waals surface area contributed by atoms with E-state index in [0.717, 1.165) is 5.69 Å². The summed E-state index contributed by atoms with van der Waals surface area (Å²) in [6, 6.07) is 24.8. The molecule has 1 heteroatoms. The molecule has 0 saturated heterocycles. The molecule has 33 heavy (non-hydrogen) atoms. The van der Waals surface area contributed by atoms with E-state index in [1.807, 2.05) is 6.20 Å². The lowest BCUT2D eigenvalue weighted by Gasteiger charge is -2.29. The van der Waals surface area contributed by atoms with Gasteiger partial charge in [-0.05, 0) is 56.3 Å². The summed E-state index contributed by atoms with van der Waals surface area (Å²) in [5.41, 5.74) is 12.3. The van der Waals surface area contributed by atoms with E-state index in [-0.39, 0.29) is 10.8 Å². The number of allylic oxidation sites excluding steroid dienone is 2. The normalized spacial score (nSPS) is 17.4. The van der Waals surface area contributed by atoms with Crippen LogP contribution >= 0.6 is 0 Å². The molecular formula is C32H31N. The van der Waals surface area contributed by atoms with E-state index in [1.165, 1.54) is 55.3 Å². The largest absolute Gasteiger partial charge is 0.256 e. The Hall–Kier alpha value is -3.19. The zero-order valence-electron chi connectivity index (χ0n) is 20.5. The van der Waals surface area contributed by atoms with Gasteiger partial charge in [0.15, 0.2) is 0 Å². The van der Waals surface area contributed by atoms with Gasteiger partial charge < -0.3 is 0 Å². The first-order valence-corrected chi connectivity index (χ1v) is 12.1. The Labute approximate surface area is 197 Å². The smallest absolute Gasteiger partial charge is 0.0783 e. The number of aromatic nitrogens is 1. The maximum absolute atomic E-state index is 4.95. The van der Waals surface area contributed by atoms with E-state index in [1.54, 1.807) is 0 Å². The molecule has 1 heterocycles. The van der Waals surface area contributed by atoms with Crippen molar-refractivity contribution < 1.29 is 0 Å². The molecule has 0 saturated carbocycles. The Kier molecular flexibility index (Phi) is 4.13. The van der Waals surface area contributed by atoms with Crippen molar-refractivity contribution in [3.05, 3.63) is 101 Å². The topological polar surface area (TPSA) is 12.9 Å². The van der Waals surface area contributed by atoms with Crippen LogP contribution in [0.1, 0.15) is 75.3 Å². The zero-order chi connectivity index (χ0) is 23.1. The van der Waals surface area contributed by atoms with E-state index in [4.69, 9.17) is 4.98 Å².